The highest BCUT2D eigenvalue weighted by Gasteiger charge is 2.36. The molecule has 1 aliphatic carbocycles. The Morgan fingerprint density at radius 3 is 2.74 bits per heavy atom. The molecule has 2 aliphatic rings. The minimum Gasteiger partial charge on any atom is -0.458 e. The van der Waals surface area contributed by atoms with Gasteiger partial charge in [-0.2, -0.15) is 0 Å². The Labute approximate surface area is 207 Å². The van der Waals surface area contributed by atoms with Crippen molar-refractivity contribution in [1.29, 1.82) is 5.41 Å². The third kappa shape index (κ3) is 8.51. The average molecular weight is 484 g/mol. The molecule has 0 aromatic carbocycles. The monoisotopic (exact) mass is 483 g/mol. The predicted molar refractivity (Wildman–Crippen MR) is 134 cm³/mol. The highest BCUT2D eigenvalue weighted by Crippen LogP contribution is 2.30. The molecule has 2 amide bonds. The molecule has 1 aromatic rings. The van der Waals surface area contributed by atoms with E-state index in [1.807, 2.05) is 13.0 Å². The number of hydrogen-bond donors (Lipinski definition) is 4. The predicted octanol–water partition coefficient (Wildman–Crippen LogP) is 2.80. The normalized spacial score (nSPS) is 17.9. The molecule has 1 aromatic heterocycles. The quantitative estimate of drug-likeness (QED) is 0.299. The standard InChI is InChI=1S/C26H37N5O4/c1-18-9-10-20(15-29-18)35-21-14-24(32)31(16-21)22(13-19-7-5-4-6-8-19)25(33)30-23(27)11-12-28-17-26(2,3)34/h9-12,14-15,19,22,28,34H,4-8,13,16-17H2,1-3H3,(H2,27,30,33)/b12-11-/t22-/m0/s1. The van der Waals surface area contributed by atoms with E-state index < -0.39 is 11.6 Å². The van der Waals surface area contributed by atoms with Gasteiger partial charge >= 0.3 is 0 Å². The molecule has 1 atom stereocenters. The van der Waals surface area contributed by atoms with Crippen molar-refractivity contribution < 1.29 is 19.4 Å². The van der Waals surface area contributed by atoms with E-state index in [0.29, 0.717) is 30.4 Å². The number of amidine groups is 1. The van der Waals surface area contributed by atoms with Gasteiger partial charge in [0.2, 0.25) is 5.91 Å². The van der Waals surface area contributed by atoms with Crippen LogP contribution in [0.1, 0.15) is 58.1 Å². The van der Waals surface area contributed by atoms with Crippen molar-refractivity contribution in [2.24, 2.45) is 5.92 Å². The zero-order valence-electron chi connectivity index (χ0n) is 20.8. The number of carbonyl (C=O) groups excluding carboxylic acids is 2. The van der Waals surface area contributed by atoms with Crippen LogP contribution in [0.15, 0.2) is 42.4 Å². The van der Waals surface area contributed by atoms with Crippen molar-refractivity contribution in [1.82, 2.24) is 20.5 Å². The number of aryl methyl sites for hydroxylation is 1. The van der Waals surface area contributed by atoms with Gasteiger partial charge < -0.3 is 25.4 Å². The Bertz CT molecular complexity index is 959. The molecule has 4 N–H and O–H groups in total. The van der Waals surface area contributed by atoms with Crippen LogP contribution in [0, 0.1) is 18.3 Å². The molecule has 0 radical (unpaired) electrons. The number of hydrogen-bond acceptors (Lipinski definition) is 7. The summed E-state index contributed by atoms with van der Waals surface area (Å²) in [5, 5.41) is 23.4. The lowest BCUT2D eigenvalue weighted by Gasteiger charge is -2.31. The van der Waals surface area contributed by atoms with Crippen molar-refractivity contribution in [3.05, 3.63) is 48.1 Å². The zero-order valence-corrected chi connectivity index (χ0v) is 20.8. The van der Waals surface area contributed by atoms with Crippen LogP contribution >= 0.6 is 0 Å². The molecule has 1 aliphatic heterocycles. The summed E-state index contributed by atoms with van der Waals surface area (Å²) in [7, 11) is 0. The van der Waals surface area contributed by atoms with Crippen molar-refractivity contribution in [3.8, 4) is 5.75 Å². The second-order valence-electron chi connectivity index (χ2n) is 10.00. The molecule has 0 unspecified atom stereocenters. The summed E-state index contributed by atoms with van der Waals surface area (Å²) in [5.74, 6) is 0.617. The number of carbonyl (C=O) groups is 2. The van der Waals surface area contributed by atoms with E-state index in [0.717, 1.165) is 31.4 Å². The largest absolute Gasteiger partial charge is 0.458 e. The van der Waals surface area contributed by atoms with Crippen LogP contribution in [0.25, 0.3) is 0 Å². The Hall–Kier alpha value is -3.20. The van der Waals surface area contributed by atoms with Crippen molar-refractivity contribution in [2.75, 3.05) is 13.1 Å². The van der Waals surface area contributed by atoms with E-state index in [1.54, 1.807) is 26.1 Å². The van der Waals surface area contributed by atoms with E-state index in [4.69, 9.17) is 10.1 Å². The summed E-state index contributed by atoms with van der Waals surface area (Å²) < 4.78 is 5.85. The Morgan fingerprint density at radius 2 is 2.09 bits per heavy atom. The minimum atomic E-state index is -0.890. The molecule has 190 valence electrons. The van der Waals surface area contributed by atoms with Gasteiger partial charge in [0.25, 0.3) is 5.91 Å². The smallest absolute Gasteiger partial charge is 0.251 e. The molecule has 3 rings (SSSR count). The molecule has 0 bridgehead atoms. The summed E-state index contributed by atoms with van der Waals surface area (Å²) >= 11 is 0. The number of ether oxygens (including phenoxy) is 1. The third-order valence-electron chi connectivity index (χ3n) is 6.15. The van der Waals surface area contributed by atoms with Crippen molar-refractivity contribution >= 4 is 17.6 Å². The Balaban J connectivity index is 1.65. The fourth-order valence-corrected chi connectivity index (χ4v) is 4.33. The first kappa shape index (κ1) is 26.4. The number of rotatable bonds is 10. The molecule has 35 heavy (non-hydrogen) atoms. The third-order valence-corrected chi connectivity index (χ3v) is 6.15. The van der Waals surface area contributed by atoms with Crippen LogP contribution in [0.4, 0.5) is 0 Å². The van der Waals surface area contributed by atoms with Gasteiger partial charge in [0.05, 0.1) is 18.3 Å². The highest BCUT2D eigenvalue weighted by atomic mass is 16.5. The maximum absolute atomic E-state index is 13.2. The lowest BCUT2D eigenvalue weighted by molar-refractivity contribution is -0.135. The number of aliphatic hydroxyl groups is 1. The molecular weight excluding hydrogens is 446 g/mol. The van der Waals surface area contributed by atoms with Crippen molar-refractivity contribution in [3.63, 3.8) is 0 Å². The van der Waals surface area contributed by atoms with Crippen molar-refractivity contribution in [2.45, 2.75) is 70.9 Å². The minimum absolute atomic E-state index is 0.0892. The Kier molecular flexibility index (Phi) is 9.03. The van der Waals surface area contributed by atoms with Crippen LogP contribution in [0.5, 0.6) is 5.75 Å². The van der Waals surface area contributed by atoms with Gasteiger partial charge in [-0.3, -0.25) is 20.0 Å². The second kappa shape index (κ2) is 12.0. The summed E-state index contributed by atoms with van der Waals surface area (Å²) in [6, 6.07) is 2.93. The fourth-order valence-electron chi connectivity index (χ4n) is 4.33. The SMILES string of the molecule is Cc1ccc(OC2=CC(=O)N([C@@H](CC3CCCCC3)C(=O)NC(=N)/C=C\NCC(C)(C)O)C2)cn1. The summed E-state index contributed by atoms with van der Waals surface area (Å²) in [4.78, 5) is 31.9. The molecular formula is C26H37N5O4. The zero-order chi connectivity index (χ0) is 25.4. The molecule has 1 fully saturated rings. The van der Waals surface area contributed by atoms with E-state index in [9.17, 15) is 14.7 Å². The van der Waals surface area contributed by atoms with Crippen LogP contribution in [-0.2, 0) is 9.59 Å². The number of nitrogens with one attached hydrogen (secondary N) is 3. The second-order valence-corrected chi connectivity index (χ2v) is 10.00. The van der Waals surface area contributed by atoms with E-state index in [-0.39, 0.29) is 24.2 Å². The number of aromatic nitrogens is 1. The van der Waals surface area contributed by atoms with Crippen LogP contribution < -0.4 is 15.4 Å². The molecule has 2 heterocycles. The van der Waals surface area contributed by atoms with Crippen LogP contribution in [0.3, 0.4) is 0 Å². The van der Waals surface area contributed by atoms with Gasteiger partial charge in [-0.05, 0) is 51.3 Å². The van der Waals surface area contributed by atoms with E-state index in [2.05, 4.69) is 15.6 Å². The fraction of sp³-hybridized carbons (Fsp3) is 0.538. The van der Waals surface area contributed by atoms with Gasteiger partial charge in [-0.1, -0.05) is 32.1 Å². The first-order valence-electron chi connectivity index (χ1n) is 12.2. The van der Waals surface area contributed by atoms with Gasteiger partial charge in [0.1, 0.15) is 23.4 Å². The summed E-state index contributed by atoms with van der Waals surface area (Å²) in [6.45, 7) is 5.72. The van der Waals surface area contributed by atoms with E-state index in [1.165, 1.54) is 29.7 Å². The number of amides is 2. The molecule has 0 spiro atoms. The maximum atomic E-state index is 13.2. The lowest BCUT2D eigenvalue weighted by Crippen LogP contribution is -2.50. The number of nitrogens with zero attached hydrogens (tertiary/aromatic N) is 2. The first-order valence-corrected chi connectivity index (χ1v) is 12.2. The van der Waals surface area contributed by atoms with Gasteiger partial charge in [-0.25, -0.2) is 0 Å². The first-order chi connectivity index (χ1) is 16.6. The molecule has 9 nitrogen and oxygen atoms in total. The van der Waals surface area contributed by atoms with Gasteiger partial charge in [0, 0.05) is 24.5 Å². The summed E-state index contributed by atoms with van der Waals surface area (Å²) in [5.41, 5.74) is -0.0234. The molecule has 1 saturated carbocycles. The van der Waals surface area contributed by atoms with Gasteiger partial charge in [-0.15, -0.1) is 0 Å². The van der Waals surface area contributed by atoms with E-state index >= 15 is 0 Å². The maximum Gasteiger partial charge on any atom is 0.251 e. The summed E-state index contributed by atoms with van der Waals surface area (Å²) in [6.07, 6.45) is 12.1. The lowest BCUT2D eigenvalue weighted by atomic mass is 9.84. The van der Waals surface area contributed by atoms with Crippen LogP contribution in [-0.4, -0.2) is 57.4 Å². The topological polar surface area (TPSA) is 128 Å². The molecule has 0 saturated heterocycles. The Morgan fingerprint density at radius 1 is 1.34 bits per heavy atom. The van der Waals surface area contributed by atoms with Crippen LogP contribution in [0.2, 0.25) is 0 Å². The number of pyridine rings is 1. The highest BCUT2D eigenvalue weighted by molar-refractivity contribution is 6.05. The average Bonchev–Trinajstić information content (AvgIpc) is 3.16. The van der Waals surface area contributed by atoms with Gasteiger partial charge in [0.15, 0.2) is 0 Å². The molecule has 9 heteroatoms.